The highest BCUT2D eigenvalue weighted by Gasteiger charge is 2.39. The number of hydrogen-bond acceptors (Lipinski definition) is 5. The molecule has 4 rings (SSSR count). The van der Waals surface area contributed by atoms with E-state index >= 15 is 0 Å². The molecule has 1 aromatic carbocycles. The molecule has 1 saturated carbocycles. The molecule has 32 heavy (non-hydrogen) atoms. The van der Waals surface area contributed by atoms with Crippen molar-refractivity contribution in [3.05, 3.63) is 44.3 Å². The Kier molecular flexibility index (Phi) is 7.12. The van der Waals surface area contributed by atoms with E-state index in [2.05, 4.69) is 5.32 Å². The van der Waals surface area contributed by atoms with Crippen molar-refractivity contribution in [3.63, 3.8) is 0 Å². The molecular formula is C22H23Cl2N3O4S. The van der Waals surface area contributed by atoms with Gasteiger partial charge in [0.15, 0.2) is 0 Å². The van der Waals surface area contributed by atoms with Gasteiger partial charge in [-0.2, -0.15) is 0 Å². The van der Waals surface area contributed by atoms with Crippen LogP contribution in [-0.4, -0.2) is 58.9 Å². The Bertz CT molecular complexity index is 999. The molecule has 1 N–H and O–H groups in total. The van der Waals surface area contributed by atoms with Crippen molar-refractivity contribution in [2.75, 3.05) is 26.2 Å². The summed E-state index contributed by atoms with van der Waals surface area (Å²) in [5, 5.41) is 3.12. The summed E-state index contributed by atoms with van der Waals surface area (Å²) in [6.07, 6.45) is 4.32. The molecule has 0 aromatic heterocycles. The summed E-state index contributed by atoms with van der Waals surface area (Å²) < 4.78 is 0. The van der Waals surface area contributed by atoms with Crippen molar-refractivity contribution in [1.82, 2.24) is 15.1 Å². The molecule has 7 nitrogen and oxygen atoms in total. The number of benzene rings is 1. The Morgan fingerprint density at radius 1 is 1.12 bits per heavy atom. The summed E-state index contributed by atoms with van der Waals surface area (Å²) in [5.74, 6) is -0.263. The second kappa shape index (κ2) is 9.85. The second-order valence-electron chi connectivity index (χ2n) is 8.19. The van der Waals surface area contributed by atoms with Gasteiger partial charge in [0.1, 0.15) is 6.54 Å². The van der Waals surface area contributed by atoms with Gasteiger partial charge in [-0.05, 0) is 60.7 Å². The maximum Gasteiger partial charge on any atom is 0.294 e. The quantitative estimate of drug-likeness (QED) is 0.600. The highest BCUT2D eigenvalue weighted by Crippen LogP contribution is 2.37. The lowest BCUT2D eigenvalue weighted by Crippen LogP contribution is -2.40. The lowest BCUT2D eigenvalue weighted by molar-refractivity contribution is -0.129. The van der Waals surface area contributed by atoms with Gasteiger partial charge in [-0.1, -0.05) is 36.0 Å². The fourth-order valence-electron chi connectivity index (χ4n) is 3.81. The zero-order valence-electron chi connectivity index (χ0n) is 17.4. The zero-order valence-corrected chi connectivity index (χ0v) is 19.7. The second-order valence-corrected chi connectivity index (χ2v) is 10.00. The summed E-state index contributed by atoms with van der Waals surface area (Å²) in [7, 11) is 0. The van der Waals surface area contributed by atoms with Crippen molar-refractivity contribution in [1.29, 1.82) is 0 Å². The monoisotopic (exact) mass is 495 g/mol. The Labute approximate surface area is 200 Å². The number of imide groups is 1. The lowest BCUT2D eigenvalue weighted by atomic mass is 10.0. The van der Waals surface area contributed by atoms with Crippen LogP contribution in [0.2, 0.25) is 10.0 Å². The van der Waals surface area contributed by atoms with Crippen molar-refractivity contribution >= 4 is 57.9 Å². The van der Waals surface area contributed by atoms with E-state index in [1.54, 1.807) is 23.1 Å². The SMILES string of the molecule is O=C(CN1C(=O)SC(=C2CCN(C(=O)c3cc(Cl)ccc3Cl)CC2)C1=O)NCCC1CC1. The third kappa shape index (κ3) is 5.30. The Morgan fingerprint density at radius 3 is 2.53 bits per heavy atom. The first kappa shape index (κ1) is 23.1. The van der Waals surface area contributed by atoms with Crippen molar-refractivity contribution in [2.45, 2.75) is 32.1 Å². The highest BCUT2D eigenvalue weighted by molar-refractivity contribution is 8.18. The molecule has 3 fully saturated rings. The van der Waals surface area contributed by atoms with E-state index in [1.807, 2.05) is 0 Å². The van der Waals surface area contributed by atoms with Gasteiger partial charge in [0.25, 0.3) is 17.1 Å². The number of halogens is 2. The predicted octanol–water partition coefficient (Wildman–Crippen LogP) is 4.10. The molecule has 1 aliphatic carbocycles. The number of nitrogens with zero attached hydrogens (tertiary/aromatic N) is 2. The summed E-state index contributed by atoms with van der Waals surface area (Å²) in [6.45, 7) is 1.12. The van der Waals surface area contributed by atoms with E-state index < -0.39 is 11.1 Å². The van der Waals surface area contributed by atoms with Gasteiger partial charge in [-0.15, -0.1) is 0 Å². The van der Waals surface area contributed by atoms with Crippen LogP contribution >= 0.6 is 35.0 Å². The van der Waals surface area contributed by atoms with Crippen molar-refractivity contribution < 1.29 is 19.2 Å². The van der Waals surface area contributed by atoms with Gasteiger partial charge in [0.2, 0.25) is 5.91 Å². The van der Waals surface area contributed by atoms with Gasteiger partial charge in [0.05, 0.1) is 15.5 Å². The van der Waals surface area contributed by atoms with Crippen LogP contribution in [0.25, 0.3) is 0 Å². The molecule has 2 heterocycles. The molecule has 0 bridgehead atoms. The zero-order chi connectivity index (χ0) is 22.8. The van der Waals surface area contributed by atoms with Crippen LogP contribution in [0.3, 0.4) is 0 Å². The number of likely N-dealkylation sites (tertiary alicyclic amines) is 1. The van der Waals surface area contributed by atoms with Crippen LogP contribution in [0.4, 0.5) is 4.79 Å². The minimum absolute atomic E-state index is 0.215. The van der Waals surface area contributed by atoms with Gasteiger partial charge in [0, 0.05) is 24.7 Å². The first-order chi connectivity index (χ1) is 15.3. The first-order valence-electron chi connectivity index (χ1n) is 10.6. The van der Waals surface area contributed by atoms with Gasteiger partial charge < -0.3 is 10.2 Å². The van der Waals surface area contributed by atoms with E-state index in [-0.39, 0.29) is 18.4 Å². The molecule has 1 aromatic rings. The highest BCUT2D eigenvalue weighted by atomic mass is 35.5. The normalized spacial score (nSPS) is 19.1. The summed E-state index contributed by atoms with van der Waals surface area (Å²) in [5.41, 5.74) is 1.18. The minimum Gasteiger partial charge on any atom is -0.355 e. The van der Waals surface area contributed by atoms with Gasteiger partial charge in [-0.25, -0.2) is 0 Å². The van der Waals surface area contributed by atoms with Gasteiger partial charge in [-0.3, -0.25) is 24.1 Å². The maximum atomic E-state index is 12.8. The van der Waals surface area contributed by atoms with Crippen molar-refractivity contribution in [3.8, 4) is 0 Å². The average molecular weight is 496 g/mol. The van der Waals surface area contributed by atoms with Crippen LogP contribution in [0.15, 0.2) is 28.7 Å². The molecule has 3 aliphatic rings. The molecule has 0 radical (unpaired) electrons. The molecule has 170 valence electrons. The maximum absolute atomic E-state index is 12.8. The minimum atomic E-state index is -0.431. The number of thioether (sulfide) groups is 1. The molecule has 2 aliphatic heterocycles. The third-order valence-corrected chi connectivity index (χ3v) is 7.48. The standard InChI is InChI=1S/C22H23Cl2N3O4S/c23-15-3-4-17(24)16(11-15)20(29)26-9-6-14(7-10-26)19-21(30)27(22(31)32-19)12-18(28)25-8-5-13-1-2-13/h3-4,11,13H,1-2,5-10,12H2,(H,25,28). The summed E-state index contributed by atoms with van der Waals surface area (Å²) in [4.78, 5) is 53.1. The largest absolute Gasteiger partial charge is 0.355 e. The van der Waals surface area contributed by atoms with Crippen molar-refractivity contribution in [2.24, 2.45) is 5.92 Å². The van der Waals surface area contributed by atoms with E-state index in [0.29, 0.717) is 58.9 Å². The predicted molar refractivity (Wildman–Crippen MR) is 124 cm³/mol. The van der Waals surface area contributed by atoms with Crippen LogP contribution in [-0.2, 0) is 9.59 Å². The van der Waals surface area contributed by atoms with E-state index in [4.69, 9.17) is 23.2 Å². The fraction of sp³-hybridized carbons (Fsp3) is 0.455. The smallest absolute Gasteiger partial charge is 0.294 e. The number of rotatable bonds is 6. The van der Waals surface area contributed by atoms with E-state index in [9.17, 15) is 19.2 Å². The molecule has 0 atom stereocenters. The number of nitrogens with one attached hydrogen (secondary N) is 1. The molecular weight excluding hydrogens is 473 g/mol. The Morgan fingerprint density at radius 2 is 1.84 bits per heavy atom. The average Bonchev–Trinajstić information content (AvgIpc) is 3.56. The third-order valence-electron chi connectivity index (χ3n) is 5.86. The van der Waals surface area contributed by atoms with Crippen LogP contribution in [0.1, 0.15) is 42.5 Å². The summed E-state index contributed by atoms with van der Waals surface area (Å²) >= 11 is 13.0. The molecule has 10 heteroatoms. The van der Waals surface area contributed by atoms with E-state index in [0.717, 1.165) is 28.7 Å². The van der Waals surface area contributed by atoms with Gasteiger partial charge >= 0.3 is 0 Å². The molecule has 0 spiro atoms. The van der Waals surface area contributed by atoms with Crippen LogP contribution in [0, 0.1) is 5.92 Å². The number of hydrogen-bond donors (Lipinski definition) is 1. The summed E-state index contributed by atoms with van der Waals surface area (Å²) in [6, 6.07) is 4.76. The number of carbonyl (C=O) groups is 4. The topological polar surface area (TPSA) is 86.8 Å². The van der Waals surface area contributed by atoms with Crippen LogP contribution < -0.4 is 5.32 Å². The lowest BCUT2D eigenvalue weighted by Gasteiger charge is -2.29. The van der Waals surface area contributed by atoms with E-state index in [1.165, 1.54) is 12.8 Å². The number of amides is 4. The van der Waals surface area contributed by atoms with Crippen LogP contribution in [0.5, 0.6) is 0 Å². The first-order valence-corrected chi connectivity index (χ1v) is 12.2. The number of carbonyl (C=O) groups excluding carboxylic acids is 4. The Balaban J connectivity index is 1.35. The molecule has 2 saturated heterocycles. The molecule has 4 amide bonds. The number of piperidine rings is 1. The fourth-order valence-corrected chi connectivity index (χ4v) is 5.16. The Hall–Kier alpha value is -2.03. The molecule has 0 unspecified atom stereocenters.